The summed E-state index contributed by atoms with van der Waals surface area (Å²) in [5.74, 6) is 0.167. The van der Waals surface area contributed by atoms with E-state index in [1.807, 2.05) is 0 Å². The molecule has 0 saturated heterocycles. The van der Waals surface area contributed by atoms with Gasteiger partial charge in [0.25, 0.3) is 0 Å². The Labute approximate surface area is 302 Å². The van der Waals surface area contributed by atoms with E-state index in [0.29, 0.717) is 0 Å². The van der Waals surface area contributed by atoms with E-state index in [1.54, 1.807) is 0 Å². The first-order chi connectivity index (χ1) is 22.6. The molecular formula is C39H37ClO5P2Pt. The van der Waals surface area contributed by atoms with Crippen LogP contribution in [-0.4, -0.2) is 5.78 Å². The first-order valence-corrected chi connectivity index (χ1v) is 18.5. The number of halogens is 1. The van der Waals surface area contributed by atoms with Crippen molar-refractivity contribution in [1.82, 2.24) is 0 Å². The van der Waals surface area contributed by atoms with Crippen molar-refractivity contribution in [3.05, 3.63) is 182 Å². The molecule has 0 aliphatic rings. The molecule has 0 aliphatic heterocycles. The number of carbonyl (C=O) groups excluding carboxylic acids is 1. The molecule has 0 saturated carbocycles. The Bertz CT molecular complexity index is 1380. The van der Waals surface area contributed by atoms with Crippen molar-refractivity contribution < 1.29 is 54.7 Å². The van der Waals surface area contributed by atoms with E-state index >= 15 is 0 Å². The van der Waals surface area contributed by atoms with Crippen LogP contribution in [0.2, 0.25) is 0 Å². The van der Waals surface area contributed by atoms with Gasteiger partial charge in [0.1, 0.15) is 5.78 Å². The van der Waals surface area contributed by atoms with Crippen molar-refractivity contribution in [3.8, 4) is 0 Å². The summed E-state index contributed by atoms with van der Waals surface area (Å²) in [7, 11) is -5.84. The van der Waals surface area contributed by atoms with Gasteiger partial charge in [0.05, 0.1) is 0 Å². The summed E-state index contributed by atoms with van der Waals surface area (Å²) in [6.07, 6.45) is 0. The van der Waals surface area contributed by atoms with E-state index in [4.69, 9.17) is 18.6 Å². The van der Waals surface area contributed by atoms with Crippen molar-refractivity contribution >= 4 is 53.5 Å². The molecule has 250 valence electrons. The topological polar surface area (TPSA) is 109 Å². The van der Waals surface area contributed by atoms with Crippen molar-refractivity contribution in [1.29, 1.82) is 0 Å². The zero-order valence-electron chi connectivity index (χ0n) is 26.5. The SMILES string of the molecule is CC(C)=O.[O-][Cl+3]([O-])([O-])[O-].[PtH+].c1ccc(P(c2ccccc2)c2ccccc2)cc1.c1ccc(P(c2ccccc2)c2ccccc2)cc1. The van der Waals surface area contributed by atoms with Crippen LogP contribution in [0.25, 0.3) is 0 Å². The van der Waals surface area contributed by atoms with Crippen molar-refractivity contribution in [2.75, 3.05) is 0 Å². The molecule has 9 heteroatoms. The maximum absolute atomic E-state index is 9.44. The fourth-order valence-electron chi connectivity index (χ4n) is 4.36. The average molecular weight is 878 g/mol. The largest absolute Gasteiger partial charge is 0.0622 e. The number of ketones is 1. The molecule has 0 aliphatic carbocycles. The third-order valence-electron chi connectivity index (χ3n) is 6.09. The standard InChI is InChI=1S/2C18H15P.C3H6O.ClHO4.Pt.H/c2*1-4-10-16(11-5-1)19(17-12-6-2-7-13-17)18-14-8-3-9-15-18;1-3(2)4;2-1(3,4)5;;/h2*1-15H;1-2H3;(H,2,3,4,5);;/q;;;;+1;/p-1. The second kappa shape index (κ2) is 22.3. The van der Waals surface area contributed by atoms with Crippen LogP contribution in [0.1, 0.15) is 13.8 Å². The first kappa shape index (κ1) is 40.8. The van der Waals surface area contributed by atoms with Gasteiger partial charge in [0.15, 0.2) is 0 Å². The van der Waals surface area contributed by atoms with E-state index in [2.05, 4.69) is 182 Å². The van der Waals surface area contributed by atoms with Crippen LogP contribution in [0, 0.1) is 10.2 Å². The summed E-state index contributed by atoms with van der Waals surface area (Å²) in [5, 5.41) is 8.39. The Balaban J connectivity index is 0.000000263. The van der Waals surface area contributed by atoms with Gasteiger partial charge in [-0.1, -0.05) is 182 Å². The molecule has 0 heterocycles. The monoisotopic (exact) mass is 877 g/mol. The molecule has 0 amide bonds. The summed E-state index contributed by atoms with van der Waals surface area (Å²) in [6.45, 7) is 3.06. The van der Waals surface area contributed by atoms with Gasteiger partial charge >= 0.3 is 21.1 Å². The molecule has 6 rings (SSSR count). The molecule has 6 aromatic rings. The van der Waals surface area contributed by atoms with Gasteiger partial charge in [-0.05, 0) is 61.5 Å². The molecule has 0 N–H and O–H groups in total. The normalized spacial score (nSPS) is 10.2. The van der Waals surface area contributed by atoms with Crippen LogP contribution in [-0.2, 0) is 25.9 Å². The zero-order chi connectivity index (χ0) is 33.9. The van der Waals surface area contributed by atoms with Crippen LogP contribution in [0.4, 0.5) is 0 Å². The fraction of sp³-hybridized carbons (Fsp3) is 0.0513. The summed E-state index contributed by atoms with van der Waals surface area (Å²) in [4.78, 5) is 9.44. The minimum atomic E-state index is -4.94. The predicted molar refractivity (Wildman–Crippen MR) is 188 cm³/mol. The maximum Gasteiger partial charge on any atom is -0.0134 e. The molecule has 48 heavy (non-hydrogen) atoms. The van der Waals surface area contributed by atoms with E-state index in [-0.39, 0.29) is 26.8 Å². The first-order valence-electron chi connectivity index (χ1n) is 14.6. The summed E-state index contributed by atoms with van der Waals surface area (Å²) < 4.78 is 34.0. The summed E-state index contributed by atoms with van der Waals surface area (Å²) >= 11 is 0. The number of Topliss-reactive ketones (excluding diaryl/α,β-unsaturated/α-hetero) is 1. The molecule has 0 atom stereocenters. The molecule has 5 nitrogen and oxygen atoms in total. The molecule has 1 radical (unpaired) electrons. The van der Waals surface area contributed by atoms with Gasteiger partial charge in [-0.15, -0.1) is 10.2 Å². The number of hydrogen-bond donors (Lipinski definition) is 0. The Morgan fingerprint density at radius 1 is 0.375 bits per heavy atom. The molecule has 0 unspecified atom stereocenters. The third-order valence-corrected chi connectivity index (χ3v) is 11.0. The average Bonchev–Trinajstić information content (AvgIpc) is 3.07. The minimum Gasteiger partial charge on any atom is -0.0622 e. The van der Waals surface area contributed by atoms with E-state index in [1.165, 1.54) is 45.7 Å². The van der Waals surface area contributed by atoms with Crippen LogP contribution >= 0.6 is 15.8 Å². The van der Waals surface area contributed by atoms with Crippen LogP contribution in [0.15, 0.2) is 182 Å². The van der Waals surface area contributed by atoms with Gasteiger partial charge < -0.3 is 4.79 Å². The smallest absolute Gasteiger partial charge is 0.0134 e. The van der Waals surface area contributed by atoms with Crippen molar-refractivity contribution in [3.63, 3.8) is 0 Å². The minimum absolute atomic E-state index is 0. The molecule has 0 bridgehead atoms. The Morgan fingerprint density at radius 3 is 0.583 bits per heavy atom. The molecular weight excluding hydrogens is 841 g/mol. The zero-order valence-corrected chi connectivity index (χ0v) is 31.4. The molecule has 0 spiro atoms. The number of benzene rings is 6. The second-order valence-electron chi connectivity index (χ2n) is 9.97. The van der Waals surface area contributed by atoms with Gasteiger partial charge in [0, 0.05) is 0 Å². The Morgan fingerprint density at radius 2 is 0.479 bits per heavy atom. The van der Waals surface area contributed by atoms with Crippen molar-refractivity contribution in [2.24, 2.45) is 0 Å². The van der Waals surface area contributed by atoms with E-state index in [0.717, 1.165) is 0 Å². The maximum atomic E-state index is 9.44. The van der Waals surface area contributed by atoms with Crippen LogP contribution in [0.5, 0.6) is 0 Å². The van der Waals surface area contributed by atoms with Crippen LogP contribution in [0.3, 0.4) is 0 Å². The van der Waals surface area contributed by atoms with Gasteiger partial charge in [-0.3, -0.25) is 0 Å². The summed E-state index contributed by atoms with van der Waals surface area (Å²) in [6, 6.07) is 64.7. The van der Waals surface area contributed by atoms with Crippen LogP contribution < -0.4 is 50.5 Å². The molecule has 0 fully saturated rings. The Kier molecular flexibility index (Phi) is 19.0. The summed E-state index contributed by atoms with van der Waals surface area (Å²) in [5.41, 5.74) is 0. The quantitative estimate of drug-likeness (QED) is 0.239. The molecule has 6 aromatic carbocycles. The van der Waals surface area contributed by atoms with Gasteiger partial charge in [0.2, 0.25) is 0 Å². The molecule has 0 aromatic heterocycles. The third kappa shape index (κ3) is 15.7. The number of rotatable bonds is 6. The van der Waals surface area contributed by atoms with E-state index < -0.39 is 26.1 Å². The number of carbonyl (C=O) groups is 1. The van der Waals surface area contributed by atoms with E-state index in [9.17, 15) is 4.79 Å². The second-order valence-corrected chi connectivity index (χ2v) is 15.2. The predicted octanol–water partition coefficient (Wildman–Crippen LogP) is 2.46. The van der Waals surface area contributed by atoms with Gasteiger partial charge in [-0.25, -0.2) is 18.6 Å². The fourth-order valence-corrected chi connectivity index (χ4v) is 8.97. The number of hydrogen-bond acceptors (Lipinski definition) is 5. The van der Waals surface area contributed by atoms with Crippen molar-refractivity contribution in [2.45, 2.75) is 13.8 Å². The Hall–Kier alpha value is -3.33. The van der Waals surface area contributed by atoms with Gasteiger partial charge in [-0.2, -0.15) is 0 Å².